The van der Waals surface area contributed by atoms with Gasteiger partial charge in [0.15, 0.2) is 6.61 Å². The zero-order chi connectivity index (χ0) is 15.4. The largest absolute Gasteiger partial charge is 0.451 e. The lowest BCUT2D eigenvalue weighted by atomic mass is 10.3. The van der Waals surface area contributed by atoms with Gasteiger partial charge in [-0.2, -0.15) is 0 Å². The second-order valence-electron chi connectivity index (χ2n) is 4.23. The number of ether oxygens (including phenoxy) is 1. The molecule has 0 aliphatic rings. The van der Waals surface area contributed by atoms with Crippen LogP contribution in [0.15, 0.2) is 36.5 Å². The average molecular weight is 327 g/mol. The highest BCUT2D eigenvalue weighted by Gasteiger charge is 2.14. The van der Waals surface area contributed by atoms with Crippen LogP contribution in [0.5, 0.6) is 0 Å². The van der Waals surface area contributed by atoms with Gasteiger partial charge >= 0.3 is 5.97 Å². The normalized spacial score (nSPS) is 10.2. The molecule has 0 spiro atoms. The number of halogens is 2. The molecule has 1 amide bonds. The molecule has 0 bridgehead atoms. The molecular formula is C14H12Cl2N2O3. The molecule has 110 valence electrons. The Balaban J connectivity index is 1.94. The Morgan fingerprint density at radius 1 is 1.19 bits per heavy atom. The highest BCUT2D eigenvalue weighted by Crippen LogP contribution is 2.29. The molecule has 21 heavy (non-hydrogen) atoms. The predicted molar refractivity (Wildman–Crippen MR) is 80.8 cm³/mol. The molecule has 1 aromatic carbocycles. The quantitative estimate of drug-likeness (QED) is 0.878. The molecule has 1 aromatic heterocycles. The number of amides is 1. The lowest BCUT2D eigenvalue weighted by Crippen LogP contribution is -2.22. The predicted octanol–water partition coefficient (Wildman–Crippen LogP) is 3.13. The van der Waals surface area contributed by atoms with Gasteiger partial charge in [0.2, 0.25) is 0 Å². The Kier molecular flexibility index (Phi) is 4.88. The third kappa shape index (κ3) is 3.77. The van der Waals surface area contributed by atoms with E-state index in [1.54, 1.807) is 48.1 Å². The number of hydrogen-bond donors (Lipinski definition) is 1. The first-order chi connectivity index (χ1) is 9.99. The molecule has 1 heterocycles. The van der Waals surface area contributed by atoms with Crippen LogP contribution in [-0.2, 0) is 16.6 Å². The minimum absolute atomic E-state index is 0.292. The molecule has 5 nitrogen and oxygen atoms in total. The number of hydrogen-bond acceptors (Lipinski definition) is 3. The minimum atomic E-state index is -0.581. The number of esters is 1. The van der Waals surface area contributed by atoms with Crippen LogP contribution in [0.25, 0.3) is 0 Å². The van der Waals surface area contributed by atoms with Crippen molar-refractivity contribution in [1.29, 1.82) is 0 Å². The van der Waals surface area contributed by atoms with E-state index in [1.807, 2.05) is 0 Å². The van der Waals surface area contributed by atoms with Crippen LogP contribution in [0, 0.1) is 0 Å². The van der Waals surface area contributed by atoms with Crippen molar-refractivity contribution in [1.82, 2.24) is 4.57 Å². The van der Waals surface area contributed by atoms with E-state index >= 15 is 0 Å². The lowest BCUT2D eigenvalue weighted by molar-refractivity contribution is -0.119. The zero-order valence-corrected chi connectivity index (χ0v) is 12.6. The number of aryl methyl sites for hydroxylation is 1. The highest BCUT2D eigenvalue weighted by atomic mass is 35.5. The van der Waals surface area contributed by atoms with E-state index in [0.29, 0.717) is 21.4 Å². The number of nitrogens with one attached hydrogen (secondary N) is 1. The van der Waals surface area contributed by atoms with Crippen LogP contribution in [0.3, 0.4) is 0 Å². The Bertz CT molecular complexity index is 662. The van der Waals surface area contributed by atoms with Gasteiger partial charge in [-0.25, -0.2) is 4.79 Å². The summed E-state index contributed by atoms with van der Waals surface area (Å²) in [7, 11) is 1.71. The van der Waals surface area contributed by atoms with E-state index in [4.69, 9.17) is 27.9 Å². The molecule has 0 saturated heterocycles. The monoisotopic (exact) mass is 326 g/mol. The van der Waals surface area contributed by atoms with Crippen molar-refractivity contribution >= 4 is 40.8 Å². The van der Waals surface area contributed by atoms with E-state index in [9.17, 15) is 9.59 Å². The SMILES string of the molecule is Cn1cccc1C(=O)OCC(=O)Nc1c(Cl)cccc1Cl. The van der Waals surface area contributed by atoms with E-state index < -0.39 is 18.5 Å². The van der Waals surface area contributed by atoms with Gasteiger partial charge in [-0.05, 0) is 24.3 Å². The zero-order valence-electron chi connectivity index (χ0n) is 11.1. The molecular weight excluding hydrogens is 315 g/mol. The Morgan fingerprint density at radius 2 is 1.86 bits per heavy atom. The molecule has 0 radical (unpaired) electrons. The second kappa shape index (κ2) is 6.65. The summed E-state index contributed by atoms with van der Waals surface area (Å²) >= 11 is 11.9. The number of benzene rings is 1. The fraction of sp³-hybridized carbons (Fsp3) is 0.143. The van der Waals surface area contributed by atoms with E-state index in [-0.39, 0.29) is 0 Å². The van der Waals surface area contributed by atoms with Crippen LogP contribution in [0.2, 0.25) is 10.0 Å². The molecule has 0 unspecified atom stereocenters. The molecule has 0 atom stereocenters. The maximum absolute atomic E-state index is 11.8. The second-order valence-corrected chi connectivity index (χ2v) is 5.04. The average Bonchev–Trinajstić information content (AvgIpc) is 2.87. The summed E-state index contributed by atoms with van der Waals surface area (Å²) in [5.74, 6) is -1.10. The third-order valence-corrected chi connectivity index (χ3v) is 3.34. The summed E-state index contributed by atoms with van der Waals surface area (Å²) in [6, 6.07) is 8.17. The van der Waals surface area contributed by atoms with Gasteiger partial charge in [0.1, 0.15) is 5.69 Å². The highest BCUT2D eigenvalue weighted by molar-refractivity contribution is 6.39. The molecule has 2 rings (SSSR count). The number of carbonyl (C=O) groups excluding carboxylic acids is 2. The number of para-hydroxylation sites is 1. The maximum atomic E-state index is 11.8. The first-order valence-electron chi connectivity index (χ1n) is 6.01. The van der Waals surface area contributed by atoms with Crippen molar-refractivity contribution in [3.8, 4) is 0 Å². The molecule has 0 aliphatic carbocycles. The number of aromatic nitrogens is 1. The van der Waals surface area contributed by atoms with Crippen LogP contribution in [-0.4, -0.2) is 23.1 Å². The standard InChI is InChI=1S/C14H12Cl2N2O3/c1-18-7-3-6-11(18)14(20)21-8-12(19)17-13-9(15)4-2-5-10(13)16/h2-7H,8H2,1H3,(H,17,19). The third-order valence-electron chi connectivity index (χ3n) is 2.71. The Hall–Kier alpha value is -1.98. The molecule has 0 aliphatic heterocycles. The Labute approximate surface area is 131 Å². The van der Waals surface area contributed by atoms with Crippen LogP contribution in [0.1, 0.15) is 10.5 Å². The Morgan fingerprint density at radius 3 is 2.43 bits per heavy atom. The van der Waals surface area contributed by atoms with Crippen LogP contribution < -0.4 is 5.32 Å². The fourth-order valence-electron chi connectivity index (χ4n) is 1.67. The molecule has 1 N–H and O–H groups in total. The number of rotatable bonds is 4. The first-order valence-corrected chi connectivity index (χ1v) is 6.77. The smallest absolute Gasteiger partial charge is 0.355 e. The number of nitrogens with zero attached hydrogens (tertiary/aromatic N) is 1. The summed E-state index contributed by atoms with van der Waals surface area (Å²) < 4.78 is 6.53. The summed E-state index contributed by atoms with van der Waals surface area (Å²) in [4.78, 5) is 23.5. The van der Waals surface area contributed by atoms with E-state index in [1.165, 1.54) is 0 Å². The number of carbonyl (C=O) groups is 2. The van der Waals surface area contributed by atoms with Crippen molar-refractivity contribution in [2.75, 3.05) is 11.9 Å². The summed E-state index contributed by atoms with van der Waals surface area (Å²) in [6.07, 6.45) is 1.71. The van der Waals surface area contributed by atoms with Gasteiger partial charge in [0.25, 0.3) is 5.91 Å². The minimum Gasteiger partial charge on any atom is -0.451 e. The van der Waals surface area contributed by atoms with Gasteiger partial charge < -0.3 is 14.6 Å². The first kappa shape index (κ1) is 15.4. The van der Waals surface area contributed by atoms with Crippen molar-refractivity contribution < 1.29 is 14.3 Å². The van der Waals surface area contributed by atoms with Crippen molar-refractivity contribution in [3.05, 3.63) is 52.3 Å². The fourth-order valence-corrected chi connectivity index (χ4v) is 2.16. The van der Waals surface area contributed by atoms with Gasteiger partial charge in [-0.15, -0.1) is 0 Å². The van der Waals surface area contributed by atoms with E-state index in [2.05, 4.69) is 5.32 Å². The van der Waals surface area contributed by atoms with Crippen molar-refractivity contribution in [3.63, 3.8) is 0 Å². The van der Waals surface area contributed by atoms with Gasteiger partial charge in [0, 0.05) is 13.2 Å². The van der Waals surface area contributed by atoms with Gasteiger partial charge in [-0.3, -0.25) is 4.79 Å². The van der Waals surface area contributed by atoms with Crippen LogP contribution in [0.4, 0.5) is 5.69 Å². The van der Waals surface area contributed by atoms with Gasteiger partial charge in [0.05, 0.1) is 15.7 Å². The van der Waals surface area contributed by atoms with Crippen LogP contribution >= 0.6 is 23.2 Å². The topological polar surface area (TPSA) is 60.3 Å². The summed E-state index contributed by atoms with van der Waals surface area (Å²) in [5.41, 5.74) is 0.652. The number of anilines is 1. The molecule has 7 heteroatoms. The maximum Gasteiger partial charge on any atom is 0.355 e. The molecule has 0 saturated carbocycles. The molecule has 0 fully saturated rings. The van der Waals surface area contributed by atoms with Crippen molar-refractivity contribution in [2.45, 2.75) is 0 Å². The summed E-state index contributed by atoms with van der Waals surface area (Å²) in [5, 5.41) is 3.13. The van der Waals surface area contributed by atoms with E-state index in [0.717, 1.165) is 0 Å². The lowest BCUT2D eigenvalue weighted by Gasteiger charge is -2.09. The van der Waals surface area contributed by atoms with Crippen molar-refractivity contribution in [2.24, 2.45) is 7.05 Å². The summed E-state index contributed by atoms with van der Waals surface area (Å²) in [6.45, 7) is -0.425. The van der Waals surface area contributed by atoms with Gasteiger partial charge in [-0.1, -0.05) is 29.3 Å². The molecule has 2 aromatic rings.